The number of aromatic nitrogens is 2. The Morgan fingerprint density at radius 1 is 1.19 bits per heavy atom. The van der Waals surface area contributed by atoms with Gasteiger partial charge in [-0.05, 0) is 25.1 Å². The summed E-state index contributed by atoms with van der Waals surface area (Å²) in [6.07, 6.45) is 3.87. The molecule has 31 heavy (non-hydrogen) atoms. The zero-order chi connectivity index (χ0) is 22.0. The third kappa shape index (κ3) is 4.43. The van der Waals surface area contributed by atoms with Crippen LogP contribution in [0.3, 0.4) is 0 Å². The van der Waals surface area contributed by atoms with E-state index in [0.29, 0.717) is 11.3 Å². The maximum Gasteiger partial charge on any atom is 0.273 e. The second kappa shape index (κ2) is 8.36. The first-order valence-electron chi connectivity index (χ1n) is 9.26. The van der Waals surface area contributed by atoms with E-state index in [1.807, 2.05) is 34.3 Å². The van der Waals surface area contributed by atoms with E-state index < -0.39 is 16.7 Å². The Kier molecular flexibility index (Phi) is 5.46. The van der Waals surface area contributed by atoms with Gasteiger partial charge in [-0.2, -0.15) is 0 Å². The number of nitro benzene ring substituents is 1. The number of rotatable bonds is 6. The van der Waals surface area contributed by atoms with E-state index in [9.17, 15) is 19.7 Å². The van der Waals surface area contributed by atoms with E-state index in [-0.39, 0.29) is 17.8 Å². The predicted molar refractivity (Wildman–Crippen MR) is 117 cm³/mol. The zero-order valence-corrected chi connectivity index (χ0v) is 17.2. The number of nitrogens with one attached hydrogen (secondary N) is 2. The second-order valence-corrected chi connectivity index (χ2v) is 7.66. The lowest BCUT2D eigenvalue weighted by atomic mass is 10.1. The molecule has 0 aliphatic rings. The largest absolute Gasteiger partial charge is 0.343 e. The molecule has 9 nitrogen and oxygen atoms in total. The Hall–Kier alpha value is -4.05. The molecule has 2 aromatic heterocycles. The molecule has 0 radical (unpaired) electrons. The molecule has 0 aliphatic carbocycles. The fraction of sp³-hybridized carbons (Fsp3) is 0.0952. The summed E-state index contributed by atoms with van der Waals surface area (Å²) >= 11 is 1.55. The summed E-state index contributed by atoms with van der Waals surface area (Å²) in [7, 11) is 0. The number of carbonyl (C=O) groups excluding carboxylic acids is 2. The zero-order valence-electron chi connectivity index (χ0n) is 16.4. The number of imidazole rings is 1. The Balaban J connectivity index is 1.34. The number of aryl methyl sites for hydroxylation is 1. The lowest BCUT2D eigenvalue weighted by Crippen LogP contribution is -2.32. The third-order valence-corrected chi connectivity index (χ3v) is 5.41. The highest BCUT2D eigenvalue weighted by Crippen LogP contribution is 2.23. The van der Waals surface area contributed by atoms with E-state index in [0.717, 1.165) is 16.2 Å². The van der Waals surface area contributed by atoms with Crippen molar-refractivity contribution in [2.45, 2.75) is 6.92 Å². The monoisotopic (exact) mass is 435 g/mol. The Morgan fingerprint density at radius 3 is 2.68 bits per heavy atom. The molecule has 0 atom stereocenters. The minimum Gasteiger partial charge on any atom is -0.343 e. The normalized spacial score (nSPS) is 10.7. The van der Waals surface area contributed by atoms with E-state index in [1.54, 1.807) is 30.4 Å². The fourth-order valence-electron chi connectivity index (χ4n) is 3.01. The summed E-state index contributed by atoms with van der Waals surface area (Å²) in [5.41, 5.74) is 2.77. The van der Waals surface area contributed by atoms with Gasteiger partial charge in [-0.3, -0.25) is 24.1 Å². The molecule has 156 valence electrons. The van der Waals surface area contributed by atoms with Crippen molar-refractivity contribution in [1.29, 1.82) is 0 Å². The summed E-state index contributed by atoms with van der Waals surface area (Å²) in [5.74, 6) is -0.974. The number of anilines is 1. The molecule has 0 unspecified atom stereocenters. The first-order chi connectivity index (χ1) is 14.9. The van der Waals surface area contributed by atoms with Crippen LogP contribution < -0.4 is 10.6 Å². The van der Waals surface area contributed by atoms with E-state index >= 15 is 0 Å². The van der Waals surface area contributed by atoms with Crippen molar-refractivity contribution in [1.82, 2.24) is 14.7 Å². The van der Waals surface area contributed by atoms with Gasteiger partial charge < -0.3 is 10.6 Å². The van der Waals surface area contributed by atoms with Gasteiger partial charge >= 0.3 is 0 Å². The summed E-state index contributed by atoms with van der Waals surface area (Å²) in [6.45, 7) is 1.33. The molecular formula is C21H17N5O4S. The molecule has 4 rings (SSSR count). The van der Waals surface area contributed by atoms with Crippen molar-refractivity contribution in [3.63, 3.8) is 0 Å². The van der Waals surface area contributed by atoms with Crippen LogP contribution in [0.5, 0.6) is 0 Å². The van der Waals surface area contributed by atoms with Crippen LogP contribution >= 0.6 is 11.3 Å². The molecule has 0 saturated carbocycles. The Bertz CT molecular complexity index is 1260. The number of carbonyl (C=O) groups is 2. The van der Waals surface area contributed by atoms with Gasteiger partial charge in [-0.1, -0.05) is 18.2 Å². The van der Waals surface area contributed by atoms with Gasteiger partial charge in [0.1, 0.15) is 0 Å². The smallest absolute Gasteiger partial charge is 0.273 e. The number of hydrogen-bond donors (Lipinski definition) is 2. The van der Waals surface area contributed by atoms with Crippen molar-refractivity contribution in [3.8, 4) is 11.3 Å². The van der Waals surface area contributed by atoms with Gasteiger partial charge in [0.25, 0.3) is 11.6 Å². The minimum absolute atomic E-state index is 0.120. The summed E-state index contributed by atoms with van der Waals surface area (Å²) in [4.78, 5) is 40.3. The highest BCUT2D eigenvalue weighted by molar-refractivity contribution is 7.15. The average molecular weight is 435 g/mol. The van der Waals surface area contributed by atoms with Gasteiger partial charge in [0.05, 0.1) is 17.2 Å². The number of benzene rings is 2. The minimum atomic E-state index is -0.562. The van der Waals surface area contributed by atoms with Crippen molar-refractivity contribution in [2.75, 3.05) is 11.9 Å². The van der Waals surface area contributed by atoms with E-state index in [4.69, 9.17) is 0 Å². The topological polar surface area (TPSA) is 119 Å². The number of hydrogen-bond acceptors (Lipinski definition) is 6. The average Bonchev–Trinajstić information content (AvgIpc) is 3.35. The van der Waals surface area contributed by atoms with Gasteiger partial charge in [0.2, 0.25) is 5.91 Å². The van der Waals surface area contributed by atoms with Crippen molar-refractivity contribution < 1.29 is 14.5 Å². The van der Waals surface area contributed by atoms with Crippen molar-refractivity contribution in [3.05, 3.63) is 81.5 Å². The van der Waals surface area contributed by atoms with Gasteiger partial charge in [-0.15, -0.1) is 11.3 Å². The van der Waals surface area contributed by atoms with Crippen LogP contribution in [0.2, 0.25) is 0 Å². The number of amides is 2. The van der Waals surface area contributed by atoms with Crippen LogP contribution in [0.25, 0.3) is 16.2 Å². The molecule has 2 N–H and O–H groups in total. The SMILES string of the molecule is Cc1ccc(C(=O)NCC(=O)Nc2ccc(-c3cn4ccsc4n3)cc2)cc1[N+](=O)[O-]. The summed E-state index contributed by atoms with van der Waals surface area (Å²) in [5, 5.41) is 18.1. The maximum atomic E-state index is 12.2. The molecule has 2 aromatic carbocycles. The lowest BCUT2D eigenvalue weighted by Gasteiger charge is -2.08. The number of nitrogens with zero attached hydrogens (tertiary/aromatic N) is 3. The van der Waals surface area contributed by atoms with Gasteiger partial charge in [0, 0.05) is 46.2 Å². The first kappa shape index (κ1) is 20.2. The quantitative estimate of drug-likeness (QED) is 0.354. The molecule has 2 amide bonds. The molecular weight excluding hydrogens is 418 g/mol. The molecule has 10 heteroatoms. The van der Waals surface area contributed by atoms with Crippen molar-refractivity contribution in [2.24, 2.45) is 0 Å². The van der Waals surface area contributed by atoms with Crippen LogP contribution in [0.1, 0.15) is 15.9 Å². The number of thiazole rings is 1. The molecule has 0 saturated heterocycles. The highest BCUT2D eigenvalue weighted by atomic mass is 32.1. The van der Waals surface area contributed by atoms with Crippen LogP contribution in [0, 0.1) is 17.0 Å². The predicted octanol–water partition coefficient (Wildman–Crippen LogP) is 3.65. The molecule has 0 spiro atoms. The standard InChI is InChI=1S/C21H17N5O4S/c1-13-2-3-15(10-18(13)26(29)30)20(28)22-11-19(27)23-16-6-4-14(5-7-16)17-12-25-8-9-31-21(25)24-17/h2-10,12H,11H2,1H3,(H,22,28)(H,23,27). The van der Waals surface area contributed by atoms with Gasteiger partial charge in [-0.25, -0.2) is 4.98 Å². The summed E-state index contributed by atoms with van der Waals surface area (Å²) < 4.78 is 1.95. The van der Waals surface area contributed by atoms with E-state index in [2.05, 4.69) is 15.6 Å². The highest BCUT2D eigenvalue weighted by Gasteiger charge is 2.15. The van der Waals surface area contributed by atoms with Crippen molar-refractivity contribution >= 4 is 39.5 Å². The first-order valence-corrected chi connectivity index (χ1v) is 10.1. The second-order valence-electron chi connectivity index (χ2n) is 6.79. The van der Waals surface area contributed by atoms with Crippen LogP contribution in [-0.2, 0) is 4.79 Å². The fourth-order valence-corrected chi connectivity index (χ4v) is 3.71. The third-order valence-electron chi connectivity index (χ3n) is 4.64. The lowest BCUT2D eigenvalue weighted by molar-refractivity contribution is -0.385. The van der Waals surface area contributed by atoms with E-state index in [1.165, 1.54) is 18.2 Å². The maximum absolute atomic E-state index is 12.2. The van der Waals surface area contributed by atoms with Crippen LogP contribution in [0.4, 0.5) is 11.4 Å². The van der Waals surface area contributed by atoms with Crippen LogP contribution in [-0.4, -0.2) is 32.7 Å². The Morgan fingerprint density at radius 2 is 1.97 bits per heavy atom. The molecule has 0 bridgehead atoms. The molecule has 0 fully saturated rings. The van der Waals surface area contributed by atoms with Crippen LogP contribution in [0.15, 0.2) is 60.2 Å². The Labute approximate surface area is 180 Å². The molecule has 0 aliphatic heterocycles. The number of fused-ring (bicyclic) bond motifs is 1. The molecule has 4 aromatic rings. The number of nitro groups is 1. The summed E-state index contributed by atoms with van der Waals surface area (Å²) in [6, 6.07) is 11.4. The molecule has 2 heterocycles. The van der Waals surface area contributed by atoms with Gasteiger partial charge in [0.15, 0.2) is 4.96 Å².